The summed E-state index contributed by atoms with van der Waals surface area (Å²) in [6, 6.07) is 16.6. The summed E-state index contributed by atoms with van der Waals surface area (Å²) in [6.07, 6.45) is 1.01. The van der Waals surface area contributed by atoms with Gasteiger partial charge in [0.25, 0.3) is 0 Å². The van der Waals surface area contributed by atoms with E-state index >= 15 is 0 Å². The number of benzene rings is 2. The molecule has 0 spiro atoms. The lowest BCUT2D eigenvalue weighted by molar-refractivity contribution is -0.0510. The molecule has 0 aliphatic carbocycles. The van der Waals surface area contributed by atoms with E-state index in [2.05, 4.69) is 68.9 Å². The van der Waals surface area contributed by atoms with Gasteiger partial charge in [-0.15, -0.1) is 0 Å². The Bertz CT molecular complexity index is 799. The summed E-state index contributed by atoms with van der Waals surface area (Å²) in [5.41, 5.74) is -3.14. The van der Waals surface area contributed by atoms with Crippen molar-refractivity contribution in [2.45, 2.75) is 11.9 Å². The molecule has 0 radical (unpaired) electrons. The van der Waals surface area contributed by atoms with Crippen molar-refractivity contribution < 1.29 is 30.9 Å². The number of ether oxygens (including phenoxy) is 1. The van der Waals surface area contributed by atoms with Crippen molar-refractivity contribution in [2.75, 3.05) is 11.9 Å². The third kappa shape index (κ3) is 7.41. The first-order valence-corrected chi connectivity index (χ1v) is 10.8. The normalized spacial score (nSPS) is 11.5. The van der Waals surface area contributed by atoms with Crippen LogP contribution < -0.4 is 4.74 Å². The topological polar surface area (TPSA) is 63.6 Å². The van der Waals surface area contributed by atoms with Gasteiger partial charge >= 0.3 is 15.6 Å². The molecule has 2 aromatic rings. The zero-order chi connectivity index (χ0) is 19.8. The van der Waals surface area contributed by atoms with Gasteiger partial charge in [0.15, 0.2) is 0 Å². The minimum atomic E-state index is -5.84. The Balaban J connectivity index is 0.000000359. The van der Waals surface area contributed by atoms with Crippen molar-refractivity contribution >= 4 is 48.6 Å². The molecule has 0 bridgehead atoms. The average Bonchev–Trinajstić information content (AvgIpc) is 2.55. The van der Waals surface area contributed by atoms with Crippen LogP contribution in [0.4, 0.5) is 13.2 Å². The molecule has 0 atom stereocenters. The van der Waals surface area contributed by atoms with E-state index in [0.29, 0.717) is 0 Å². The molecule has 144 valence electrons. The fraction of sp³-hybridized carbons (Fsp3) is 0.250. The number of rotatable bonds is 5. The minimum Gasteiger partial charge on any atom is -0.493 e. The van der Waals surface area contributed by atoms with Crippen LogP contribution in [0.25, 0.3) is 11.1 Å². The smallest absolute Gasteiger partial charge is 0.493 e. The molecule has 2 rings (SSSR count). The van der Waals surface area contributed by atoms with E-state index in [1.807, 2.05) is 18.2 Å². The summed E-state index contributed by atoms with van der Waals surface area (Å²) < 4.78 is 64.6. The fourth-order valence-corrected chi connectivity index (χ4v) is 2.76. The number of hydrogen-bond acceptors (Lipinski definition) is 3. The molecule has 10 heteroatoms. The van der Waals surface area contributed by atoms with Gasteiger partial charge in [0.05, 0.1) is 6.61 Å². The summed E-state index contributed by atoms with van der Waals surface area (Å²) in [6.45, 7) is 0.741. The second-order valence-corrected chi connectivity index (χ2v) is 8.16. The van der Waals surface area contributed by atoms with Crippen LogP contribution >= 0.6 is 38.5 Å². The molecule has 0 aliphatic rings. The lowest BCUT2D eigenvalue weighted by Crippen LogP contribution is -2.21. The van der Waals surface area contributed by atoms with E-state index in [4.69, 9.17) is 17.7 Å². The van der Waals surface area contributed by atoms with Gasteiger partial charge in [-0.05, 0) is 46.7 Å². The largest absolute Gasteiger partial charge is 0.522 e. The van der Waals surface area contributed by atoms with Gasteiger partial charge in [0.1, 0.15) is 5.75 Å². The SMILES string of the molecule is BrCCCOc1cccc(I)c1-c1ccccc1.O=S(=O)(O)C(F)(F)F. The van der Waals surface area contributed by atoms with Gasteiger partial charge < -0.3 is 4.74 Å². The molecule has 0 saturated carbocycles. The van der Waals surface area contributed by atoms with Crippen LogP contribution in [0, 0.1) is 3.57 Å². The lowest BCUT2D eigenvalue weighted by atomic mass is 10.1. The molecule has 0 aromatic heterocycles. The molecule has 0 aliphatic heterocycles. The molecule has 0 saturated heterocycles. The lowest BCUT2D eigenvalue weighted by Gasteiger charge is -2.13. The summed E-state index contributed by atoms with van der Waals surface area (Å²) >= 11 is 5.78. The first-order chi connectivity index (χ1) is 12.1. The Morgan fingerprint density at radius 1 is 1.08 bits per heavy atom. The zero-order valence-corrected chi connectivity index (χ0v) is 17.8. The van der Waals surface area contributed by atoms with E-state index < -0.39 is 15.6 Å². The predicted octanol–water partition coefficient (Wildman–Crippen LogP) is 5.52. The van der Waals surface area contributed by atoms with Crippen molar-refractivity contribution in [2.24, 2.45) is 0 Å². The molecule has 26 heavy (non-hydrogen) atoms. The maximum atomic E-state index is 10.7. The van der Waals surface area contributed by atoms with Gasteiger partial charge in [0, 0.05) is 14.5 Å². The van der Waals surface area contributed by atoms with E-state index in [1.54, 1.807) is 0 Å². The Morgan fingerprint density at radius 2 is 1.65 bits per heavy atom. The van der Waals surface area contributed by atoms with Crippen molar-refractivity contribution in [3.05, 3.63) is 52.1 Å². The zero-order valence-electron chi connectivity index (χ0n) is 13.2. The van der Waals surface area contributed by atoms with Gasteiger partial charge in [-0.1, -0.05) is 52.3 Å². The van der Waals surface area contributed by atoms with Gasteiger partial charge in [-0.25, -0.2) is 0 Å². The van der Waals surface area contributed by atoms with Crippen LogP contribution in [-0.2, 0) is 10.1 Å². The molecule has 0 amide bonds. The van der Waals surface area contributed by atoms with Gasteiger partial charge in [-0.3, -0.25) is 4.55 Å². The maximum Gasteiger partial charge on any atom is 0.522 e. The number of alkyl halides is 4. The third-order valence-corrected chi connectivity index (χ3v) is 4.91. The Hall–Kier alpha value is -0.850. The van der Waals surface area contributed by atoms with Crippen LogP contribution in [0.5, 0.6) is 5.75 Å². The summed E-state index contributed by atoms with van der Waals surface area (Å²) in [5, 5.41) is 0.970. The van der Waals surface area contributed by atoms with Crippen LogP contribution in [0.1, 0.15) is 6.42 Å². The molecular formula is C16H15BrF3IO4S. The van der Waals surface area contributed by atoms with E-state index in [1.165, 1.54) is 14.7 Å². The van der Waals surface area contributed by atoms with Crippen LogP contribution in [0.15, 0.2) is 48.5 Å². The van der Waals surface area contributed by atoms with Crippen LogP contribution in [0.3, 0.4) is 0 Å². The van der Waals surface area contributed by atoms with Crippen LogP contribution in [0.2, 0.25) is 0 Å². The standard InChI is InChI=1S/C15H14BrIO.CHF3O3S/c16-10-5-11-18-14-9-4-8-13(17)15(14)12-6-2-1-3-7-12;2-1(3,4)8(5,6)7/h1-4,6-9H,5,10-11H2;(H,5,6,7). The molecule has 4 nitrogen and oxygen atoms in total. The molecular weight excluding hydrogens is 552 g/mol. The predicted molar refractivity (Wildman–Crippen MR) is 106 cm³/mol. The highest BCUT2D eigenvalue weighted by atomic mass is 127. The van der Waals surface area contributed by atoms with Crippen molar-refractivity contribution in [1.29, 1.82) is 0 Å². The summed E-state index contributed by atoms with van der Waals surface area (Å²) in [5.74, 6) is 0.967. The van der Waals surface area contributed by atoms with Crippen molar-refractivity contribution in [1.82, 2.24) is 0 Å². The molecule has 0 fully saturated rings. The Labute approximate surface area is 171 Å². The van der Waals surface area contributed by atoms with Gasteiger partial charge in [0.2, 0.25) is 0 Å². The van der Waals surface area contributed by atoms with E-state index in [-0.39, 0.29) is 0 Å². The molecule has 2 aromatic carbocycles. The fourth-order valence-electron chi connectivity index (χ4n) is 1.75. The highest BCUT2D eigenvalue weighted by molar-refractivity contribution is 14.1. The second-order valence-electron chi connectivity index (χ2n) is 4.79. The van der Waals surface area contributed by atoms with Crippen molar-refractivity contribution in [3.63, 3.8) is 0 Å². The first-order valence-electron chi connectivity index (χ1n) is 7.14. The highest BCUT2D eigenvalue weighted by Crippen LogP contribution is 2.34. The van der Waals surface area contributed by atoms with E-state index in [9.17, 15) is 13.2 Å². The second kappa shape index (κ2) is 10.5. The molecule has 1 N–H and O–H groups in total. The quantitative estimate of drug-likeness (QED) is 0.170. The third-order valence-electron chi connectivity index (χ3n) is 2.87. The summed E-state index contributed by atoms with van der Waals surface area (Å²) in [7, 11) is -5.84. The number of halogens is 5. The Kier molecular flexibility index (Phi) is 9.34. The maximum absolute atomic E-state index is 10.7. The van der Waals surface area contributed by atoms with Gasteiger partial charge in [-0.2, -0.15) is 21.6 Å². The highest BCUT2D eigenvalue weighted by Gasteiger charge is 2.44. The van der Waals surface area contributed by atoms with Crippen molar-refractivity contribution in [3.8, 4) is 16.9 Å². The monoisotopic (exact) mass is 566 g/mol. The van der Waals surface area contributed by atoms with Crippen LogP contribution in [-0.4, -0.2) is 30.4 Å². The Morgan fingerprint density at radius 3 is 2.15 bits per heavy atom. The number of hydrogen-bond donors (Lipinski definition) is 1. The van der Waals surface area contributed by atoms with E-state index in [0.717, 1.165) is 24.1 Å². The average molecular weight is 567 g/mol. The minimum absolute atomic E-state index is 0.741. The molecule has 0 unspecified atom stereocenters. The first kappa shape index (κ1) is 23.2. The molecule has 0 heterocycles. The summed E-state index contributed by atoms with van der Waals surface area (Å²) in [4.78, 5) is 0.